The number of nitrogens with one attached hydrogen (secondary N) is 2. The van der Waals surface area contributed by atoms with Crippen LogP contribution in [0.15, 0.2) is 41.8 Å². The van der Waals surface area contributed by atoms with Gasteiger partial charge in [0.1, 0.15) is 0 Å². The van der Waals surface area contributed by atoms with Crippen LogP contribution in [-0.2, 0) is 4.79 Å². The molecule has 0 aliphatic heterocycles. The van der Waals surface area contributed by atoms with Gasteiger partial charge in [0.2, 0.25) is 5.91 Å². The maximum atomic E-state index is 12.0. The minimum absolute atomic E-state index is 0.0549. The van der Waals surface area contributed by atoms with Crippen LogP contribution in [0.3, 0.4) is 0 Å². The molecule has 2 aromatic rings. The minimum Gasteiger partial charge on any atom is -0.355 e. The number of thiophene rings is 1. The molecule has 0 spiro atoms. The van der Waals surface area contributed by atoms with Crippen molar-refractivity contribution in [3.8, 4) is 0 Å². The maximum absolute atomic E-state index is 12.0. The maximum Gasteiger partial charge on any atom is 0.233 e. The number of carbonyl (C=O) groups excluding carboxylic acids is 1. The van der Waals surface area contributed by atoms with Crippen molar-refractivity contribution in [3.05, 3.63) is 57.8 Å². The van der Waals surface area contributed by atoms with Crippen molar-refractivity contribution >= 4 is 17.2 Å². The lowest BCUT2D eigenvalue weighted by Crippen LogP contribution is -2.36. The molecule has 3 nitrogen and oxygen atoms in total. The molecule has 1 aromatic carbocycles. The largest absolute Gasteiger partial charge is 0.355 e. The number of amides is 1. The molecule has 0 saturated heterocycles. The normalized spacial score (nSPS) is 12.3. The van der Waals surface area contributed by atoms with Crippen molar-refractivity contribution < 1.29 is 4.79 Å². The number of rotatable bonds is 8. The van der Waals surface area contributed by atoms with Crippen LogP contribution in [-0.4, -0.2) is 19.0 Å². The lowest BCUT2D eigenvalue weighted by Gasteiger charge is -2.18. The molecule has 1 heterocycles. The number of hydrogen-bond acceptors (Lipinski definition) is 3. The molecule has 23 heavy (non-hydrogen) atoms. The van der Waals surface area contributed by atoms with E-state index in [4.69, 9.17) is 0 Å². The summed E-state index contributed by atoms with van der Waals surface area (Å²) in [7, 11) is 0. The molecule has 1 atom stereocenters. The van der Waals surface area contributed by atoms with E-state index < -0.39 is 0 Å². The van der Waals surface area contributed by atoms with E-state index in [0.29, 0.717) is 12.5 Å². The summed E-state index contributed by atoms with van der Waals surface area (Å²) >= 11 is 1.71. The van der Waals surface area contributed by atoms with Crippen molar-refractivity contribution in [2.24, 2.45) is 5.92 Å². The van der Waals surface area contributed by atoms with E-state index in [0.717, 1.165) is 13.0 Å². The van der Waals surface area contributed by atoms with Gasteiger partial charge in [-0.1, -0.05) is 49.7 Å². The van der Waals surface area contributed by atoms with Crippen LogP contribution in [0.2, 0.25) is 0 Å². The van der Waals surface area contributed by atoms with Gasteiger partial charge in [-0.3, -0.25) is 10.1 Å². The zero-order chi connectivity index (χ0) is 16.7. The standard InChI is InChI=1S/C19H26N2OS/c1-14(2)10-11-20-18(22)13-21-19(17-5-4-12-23-17)16-8-6-15(3)7-9-16/h4-9,12,14,19,21H,10-11,13H2,1-3H3,(H,20,22)/t19-/m1/s1. The molecule has 0 saturated carbocycles. The summed E-state index contributed by atoms with van der Waals surface area (Å²) in [5.74, 6) is 0.661. The van der Waals surface area contributed by atoms with Gasteiger partial charge in [0.15, 0.2) is 0 Å². The highest BCUT2D eigenvalue weighted by molar-refractivity contribution is 7.10. The second-order valence-corrected chi connectivity index (χ2v) is 7.25. The molecule has 1 amide bonds. The molecule has 0 aliphatic rings. The summed E-state index contributed by atoms with van der Waals surface area (Å²) in [6, 6.07) is 12.7. The van der Waals surface area contributed by atoms with Gasteiger partial charge in [-0.05, 0) is 36.3 Å². The SMILES string of the molecule is Cc1ccc([C@@H](NCC(=O)NCCC(C)C)c2cccs2)cc1. The van der Waals surface area contributed by atoms with Crippen molar-refractivity contribution in [2.75, 3.05) is 13.1 Å². The summed E-state index contributed by atoms with van der Waals surface area (Å²) in [5.41, 5.74) is 2.43. The third-order valence-corrected chi connectivity index (χ3v) is 4.69. The lowest BCUT2D eigenvalue weighted by molar-refractivity contribution is -0.120. The number of benzene rings is 1. The van der Waals surface area contributed by atoms with Gasteiger partial charge in [0.05, 0.1) is 12.6 Å². The molecule has 0 unspecified atom stereocenters. The Kier molecular flexibility index (Phi) is 6.81. The number of carbonyl (C=O) groups is 1. The Bertz CT molecular complexity index is 590. The zero-order valence-corrected chi connectivity index (χ0v) is 15.0. The second kappa shape index (κ2) is 8.85. The van der Waals surface area contributed by atoms with Crippen LogP contribution in [0.4, 0.5) is 0 Å². The highest BCUT2D eigenvalue weighted by Gasteiger charge is 2.15. The molecule has 4 heteroatoms. The van der Waals surface area contributed by atoms with E-state index in [2.05, 4.69) is 67.1 Å². The minimum atomic E-state index is 0.0549. The summed E-state index contributed by atoms with van der Waals surface area (Å²) in [4.78, 5) is 13.2. The van der Waals surface area contributed by atoms with Gasteiger partial charge in [-0.15, -0.1) is 11.3 Å². The Labute approximate surface area is 143 Å². The molecule has 0 radical (unpaired) electrons. The molecule has 2 N–H and O–H groups in total. The Balaban J connectivity index is 1.96. The third-order valence-electron chi connectivity index (χ3n) is 3.75. The highest BCUT2D eigenvalue weighted by atomic mass is 32.1. The van der Waals surface area contributed by atoms with Crippen LogP contribution in [0.25, 0.3) is 0 Å². The molecule has 0 aliphatic carbocycles. The molecule has 0 fully saturated rings. The quantitative estimate of drug-likeness (QED) is 0.771. The average Bonchev–Trinajstić information content (AvgIpc) is 3.03. The topological polar surface area (TPSA) is 41.1 Å². The third kappa shape index (κ3) is 5.81. The molecular formula is C19H26N2OS. The van der Waals surface area contributed by atoms with Crippen molar-refractivity contribution in [3.63, 3.8) is 0 Å². The number of aryl methyl sites for hydroxylation is 1. The Morgan fingerprint density at radius 1 is 1.17 bits per heavy atom. The first-order valence-corrected chi connectivity index (χ1v) is 9.04. The smallest absolute Gasteiger partial charge is 0.233 e. The molecule has 0 bridgehead atoms. The summed E-state index contributed by atoms with van der Waals surface area (Å²) < 4.78 is 0. The first-order valence-electron chi connectivity index (χ1n) is 8.16. The fraction of sp³-hybridized carbons (Fsp3) is 0.421. The fourth-order valence-electron chi connectivity index (χ4n) is 2.35. The van der Waals surface area contributed by atoms with Crippen LogP contribution in [0.1, 0.15) is 42.3 Å². The van der Waals surface area contributed by atoms with Gasteiger partial charge >= 0.3 is 0 Å². The van der Waals surface area contributed by atoms with Crippen molar-refractivity contribution in [2.45, 2.75) is 33.2 Å². The summed E-state index contributed by atoms with van der Waals surface area (Å²) in [5, 5.41) is 8.44. The van der Waals surface area contributed by atoms with Gasteiger partial charge in [-0.2, -0.15) is 0 Å². The van der Waals surface area contributed by atoms with Crippen molar-refractivity contribution in [1.29, 1.82) is 0 Å². The van der Waals surface area contributed by atoms with Gasteiger partial charge in [0, 0.05) is 11.4 Å². The second-order valence-electron chi connectivity index (χ2n) is 6.27. The Morgan fingerprint density at radius 2 is 1.91 bits per heavy atom. The average molecular weight is 330 g/mol. The highest BCUT2D eigenvalue weighted by Crippen LogP contribution is 2.26. The molecule has 124 valence electrons. The van der Waals surface area contributed by atoms with Crippen LogP contribution >= 0.6 is 11.3 Å². The van der Waals surface area contributed by atoms with E-state index >= 15 is 0 Å². The molecule has 2 rings (SSSR count). The summed E-state index contributed by atoms with van der Waals surface area (Å²) in [6.07, 6.45) is 1.01. The fourth-order valence-corrected chi connectivity index (χ4v) is 3.18. The van der Waals surface area contributed by atoms with E-state index in [1.807, 2.05) is 6.07 Å². The van der Waals surface area contributed by atoms with Crippen LogP contribution in [0, 0.1) is 12.8 Å². The van der Waals surface area contributed by atoms with E-state index in [9.17, 15) is 4.79 Å². The van der Waals surface area contributed by atoms with E-state index in [1.165, 1.54) is 16.0 Å². The van der Waals surface area contributed by atoms with Gasteiger partial charge < -0.3 is 5.32 Å². The Hall–Kier alpha value is -1.65. The zero-order valence-electron chi connectivity index (χ0n) is 14.1. The lowest BCUT2D eigenvalue weighted by atomic mass is 10.0. The number of hydrogen-bond donors (Lipinski definition) is 2. The molecule has 1 aromatic heterocycles. The van der Waals surface area contributed by atoms with E-state index in [1.54, 1.807) is 11.3 Å². The first kappa shape index (κ1) is 17.7. The summed E-state index contributed by atoms with van der Waals surface area (Å²) in [6.45, 7) is 7.48. The van der Waals surface area contributed by atoms with Crippen LogP contribution in [0.5, 0.6) is 0 Å². The van der Waals surface area contributed by atoms with Crippen LogP contribution < -0.4 is 10.6 Å². The van der Waals surface area contributed by atoms with Gasteiger partial charge in [0.25, 0.3) is 0 Å². The van der Waals surface area contributed by atoms with Crippen molar-refractivity contribution in [1.82, 2.24) is 10.6 Å². The monoisotopic (exact) mass is 330 g/mol. The predicted molar refractivity (Wildman–Crippen MR) is 97.8 cm³/mol. The Morgan fingerprint density at radius 3 is 2.52 bits per heavy atom. The predicted octanol–water partition coefficient (Wildman–Crippen LogP) is 3.90. The van der Waals surface area contributed by atoms with Gasteiger partial charge in [-0.25, -0.2) is 0 Å². The first-order chi connectivity index (χ1) is 11.1. The van der Waals surface area contributed by atoms with E-state index in [-0.39, 0.29) is 11.9 Å². The molecular weight excluding hydrogens is 304 g/mol.